The lowest BCUT2D eigenvalue weighted by molar-refractivity contribution is 0.0958. The van der Waals surface area contributed by atoms with Gasteiger partial charge < -0.3 is 5.32 Å². The van der Waals surface area contributed by atoms with Crippen LogP contribution in [0.5, 0.6) is 0 Å². The van der Waals surface area contributed by atoms with Crippen molar-refractivity contribution < 1.29 is 13.2 Å². The van der Waals surface area contributed by atoms with Crippen molar-refractivity contribution in [2.75, 3.05) is 19.6 Å². The van der Waals surface area contributed by atoms with E-state index in [0.29, 0.717) is 36.0 Å². The summed E-state index contributed by atoms with van der Waals surface area (Å²) in [4.78, 5) is 12.6. The highest BCUT2D eigenvalue weighted by molar-refractivity contribution is 7.91. The van der Waals surface area contributed by atoms with Crippen LogP contribution in [-0.4, -0.2) is 38.3 Å². The minimum atomic E-state index is -3.46. The first-order valence-electron chi connectivity index (χ1n) is 8.09. The molecule has 0 aliphatic carbocycles. The van der Waals surface area contributed by atoms with Gasteiger partial charge in [-0.2, -0.15) is 4.31 Å². The van der Waals surface area contributed by atoms with E-state index in [2.05, 4.69) is 5.32 Å². The third-order valence-corrected chi connectivity index (χ3v) is 7.78. The molecule has 2 aromatic rings. The zero-order valence-corrected chi connectivity index (χ0v) is 16.0. The molecule has 25 heavy (non-hydrogen) atoms. The first-order chi connectivity index (χ1) is 12.0. The van der Waals surface area contributed by atoms with Gasteiger partial charge in [0.15, 0.2) is 0 Å². The van der Waals surface area contributed by atoms with Gasteiger partial charge in [-0.15, -0.1) is 11.3 Å². The fourth-order valence-electron chi connectivity index (χ4n) is 2.70. The molecule has 1 fully saturated rings. The van der Waals surface area contributed by atoms with Gasteiger partial charge in [0.25, 0.3) is 15.9 Å². The van der Waals surface area contributed by atoms with Gasteiger partial charge in [0.1, 0.15) is 4.21 Å². The molecule has 0 bridgehead atoms. The van der Waals surface area contributed by atoms with Crippen molar-refractivity contribution in [1.82, 2.24) is 9.62 Å². The minimum absolute atomic E-state index is 0.234. The monoisotopic (exact) mass is 398 g/mol. The molecule has 5 nitrogen and oxygen atoms in total. The number of benzene rings is 1. The lowest BCUT2D eigenvalue weighted by Gasteiger charge is -2.13. The zero-order chi connectivity index (χ0) is 17.9. The molecule has 3 rings (SSSR count). The Labute approximate surface area is 156 Å². The van der Waals surface area contributed by atoms with Crippen LogP contribution in [-0.2, 0) is 16.4 Å². The number of carbonyl (C=O) groups excluding carboxylic acids is 1. The maximum atomic E-state index is 12.5. The van der Waals surface area contributed by atoms with Crippen molar-refractivity contribution in [3.8, 4) is 0 Å². The second kappa shape index (κ2) is 7.86. The van der Waals surface area contributed by atoms with Crippen molar-refractivity contribution in [3.05, 3.63) is 51.9 Å². The van der Waals surface area contributed by atoms with Gasteiger partial charge in [-0.25, -0.2) is 8.42 Å². The SMILES string of the molecule is O=C(NCCc1ccc(Cl)cc1)c1ccc(S(=O)(=O)N2CCCC2)s1. The zero-order valence-electron chi connectivity index (χ0n) is 13.6. The molecule has 1 aromatic heterocycles. The number of thiophene rings is 1. The standard InChI is InChI=1S/C17H19ClN2O3S2/c18-14-5-3-13(4-6-14)9-10-19-17(21)15-7-8-16(24-15)25(22,23)20-11-1-2-12-20/h3-8H,1-2,9-12H2,(H,19,21). The van der Waals surface area contributed by atoms with Gasteiger partial charge >= 0.3 is 0 Å². The molecule has 0 atom stereocenters. The Morgan fingerprint density at radius 1 is 1.12 bits per heavy atom. The van der Waals surface area contributed by atoms with E-state index in [9.17, 15) is 13.2 Å². The molecular weight excluding hydrogens is 380 g/mol. The van der Waals surface area contributed by atoms with E-state index in [0.717, 1.165) is 29.7 Å². The molecule has 0 spiro atoms. The summed E-state index contributed by atoms with van der Waals surface area (Å²) in [6, 6.07) is 10.6. The number of carbonyl (C=O) groups is 1. The predicted octanol–water partition coefficient (Wildman–Crippen LogP) is 3.16. The molecule has 1 saturated heterocycles. The van der Waals surface area contributed by atoms with E-state index in [1.165, 1.54) is 10.4 Å². The summed E-state index contributed by atoms with van der Waals surface area (Å²) < 4.78 is 26.7. The van der Waals surface area contributed by atoms with Crippen molar-refractivity contribution >= 4 is 38.9 Å². The van der Waals surface area contributed by atoms with E-state index < -0.39 is 10.0 Å². The average Bonchev–Trinajstić information content (AvgIpc) is 3.29. The van der Waals surface area contributed by atoms with E-state index >= 15 is 0 Å². The second-order valence-corrected chi connectivity index (χ2v) is 9.55. The van der Waals surface area contributed by atoms with Crippen molar-refractivity contribution in [2.45, 2.75) is 23.5 Å². The summed E-state index contributed by atoms with van der Waals surface area (Å²) in [6.07, 6.45) is 2.47. The van der Waals surface area contributed by atoms with Gasteiger partial charge in [0.2, 0.25) is 0 Å². The van der Waals surface area contributed by atoms with Crippen molar-refractivity contribution in [3.63, 3.8) is 0 Å². The highest BCUT2D eigenvalue weighted by Crippen LogP contribution is 2.27. The number of amides is 1. The van der Waals surface area contributed by atoms with Crippen LogP contribution in [0.15, 0.2) is 40.6 Å². The summed E-state index contributed by atoms with van der Waals surface area (Å²) in [6.45, 7) is 1.60. The Bertz CT molecular complexity index is 841. The van der Waals surface area contributed by atoms with Crippen LogP contribution in [0.4, 0.5) is 0 Å². The molecule has 1 aromatic carbocycles. The van der Waals surface area contributed by atoms with Crippen molar-refractivity contribution in [1.29, 1.82) is 0 Å². The first kappa shape index (κ1) is 18.4. The van der Waals surface area contributed by atoms with E-state index in [4.69, 9.17) is 11.6 Å². The van der Waals surface area contributed by atoms with E-state index in [-0.39, 0.29) is 10.1 Å². The maximum Gasteiger partial charge on any atom is 0.261 e. The van der Waals surface area contributed by atoms with Gasteiger partial charge in [-0.1, -0.05) is 23.7 Å². The van der Waals surface area contributed by atoms with Crippen LogP contribution < -0.4 is 5.32 Å². The fraction of sp³-hybridized carbons (Fsp3) is 0.353. The van der Waals surface area contributed by atoms with Gasteiger partial charge in [-0.3, -0.25) is 4.79 Å². The average molecular weight is 399 g/mol. The van der Waals surface area contributed by atoms with Crippen LogP contribution in [0, 0.1) is 0 Å². The number of rotatable bonds is 6. The normalized spacial score (nSPS) is 15.4. The molecule has 8 heteroatoms. The summed E-state index contributed by atoms with van der Waals surface area (Å²) in [7, 11) is -3.46. The highest BCUT2D eigenvalue weighted by atomic mass is 35.5. The molecule has 1 N–H and O–H groups in total. The number of nitrogens with one attached hydrogen (secondary N) is 1. The van der Waals surface area contributed by atoms with Gasteiger partial charge in [0.05, 0.1) is 4.88 Å². The Balaban J connectivity index is 1.58. The van der Waals surface area contributed by atoms with Crippen LogP contribution in [0.25, 0.3) is 0 Å². The van der Waals surface area contributed by atoms with Gasteiger partial charge in [-0.05, 0) is 49.1 Å². The Morgan fingerprint density at radius 2 is 1.80 bits per heavy atom. The number of hydrogen-bond acceptors (Lipinski definition) is 4. The van der Waals surface area contributed by atoms with Crippen LogP contribution in [0.3, 0.4) is 0 Å². The van der Waals surface area contributed by atoms with Crippen LogP contribution >= 0.6 is 22.9 Å². The summed E-state index contributed by atoms with van der Waals surface area (Å²) >= 11 is 6.87. The minimum Gasteiger partial charge on any atom is -0.351 e. The second-order valence-electron chi connectivity index (χ2n) is 5.86. The Morgan fingerprint density at radius 3 is 2.48 bits per heavy atom. The molecule has 1 aliphatic rings. The maximum absolute atomic E-state index is 12.5. The molecule has 2 heterocycles. The summed E-state index contributed by atoms with van der Waals surface area (Å²) in [5.41, 5.74) is 1.08. The molecule has 1 amide bonds. The first-order valence-corrected chi connectivity index (χ1v) is 10.7. The summed E-state index contributed by atoms with van der Waals surface area (Å²) in [5.74, 6) is -0.248. The van der Waals surface area contributed by atoms with Gasteiger partial charge in [0, 0.05) is 24.7 Å². The number of sulfonamides is 1. The van der Waals surface area contributed by atoms with E-state index in [1.807, 2.05) is 24.3 Å². The smallest absolute Gasteiger partial charge is 0.261 e. The van der Waals surface area contributed by atoms with E-state index in [1.54, 1.807) is 6.07 Å². The van der Waals surface area contributed by atoms with Crippen LogP contribution in [0.2, 0.25) is 5.02 Å². The number of halogens is 1. The molecular formula is C17H19ClN2O3S2. The number of hydrogen-bond donors (Lipinski definition) is 1. The molecule has 134 valence electrons. The van der Waals surface area contributed by atoms with Crippen LogP contribution in [0.1, 0.15) is 28.1 Å². The van der Waals surface area contributed by atoms with Crippen molar-refractivity contribution in [2.24, 2.45) is 0 Å². The third-order valence-electron chi connectivity index (χ3n) is 4.08. The quantitative estimate of drug-likeness (QED) is 0.812. The topological polar surface area (TPSA) is 66.5 Å². The number of nitrogens with zero attached hydrogens (tertiary/aromatic N) is 1. The lowest BCUT2D eigenvalue weighted by atomic mass is 10.1. The Hall–Kier alpha value is -1.41. The lowest BCUT2D eigenvalue weighted by Crippen LogP contribution is -2.27. The molecule has 0 unspecified atom stereocenters. The molecule has 1 aliphatic heterocycles. The predicted molar refractivity (Wildman–Crippen MR) is 99.8 cm³/mol. The summed E-state index contributed by atoms with van der Waals surface area (Å²) in [5, 5.41) is 3.51. The highest BCUT2D eigenvalue weighted by Gasteiger charge is 2.29. The fourth-order valence-corrected chi connectivity index (χ4v) is 5.72. The third kappa shape index (κ3) is 4.41. The Kier molecular flexibility index (Phi) is 5.78. The largest absolute Gasteiger partial charge is 0.351 e. The molecule has 0 radical (unpaired) electrons. The molecule has 0 saturated carbocycles.